The number of likely N-dealkylation sites (N-methyl/N-ethyl adjacent to an activating group) is 1. The number of aliphatic hydroxyl groups excluding tert-OH is 1. The maximum atomic E-state index is 12.0. The molecule has 1 rings (SSSR count). The lowest BCUT2D eigenvalue weighted by molar-refractivity contribution is 0.244. The summed E-state index contributed by atoms with van der Waals surface area (Å²) in [7, 11) is -2.10. The monoisotopic (exact) mass is 245 g/mol. The minimum absolute atomic E-state index is 0.0842. The number of rotatable bonds is 5. The molecule has 0 atom stereocenters. The molecule has 1 aromatic heterocycles. The number of hydrogen-bond donors (Lipinski definition) is 1. The molecule has 90 valence electrons. The van der Waals surface area contributed by atoms with Crippen molar-refractivity contribution < 1.29 is 17.9 Å². The maximum absolute atomic E-state index is 12.0. The molecule has 0 aromatic carbocycles. The number of sulfonamides is 1. The Balaban J connectivity index is 3.16. The predicted molar refractivity (Wildman–Crippen MR) is 59.4 cm³/mol. The summed E-state index contributed by atoms with van der Waals surface area (Å²) in [6.07, 6.45) is 1.50. The molecule has 0 fully saturated rings. The van der Waals surface area contributed by atoms with Gasteiger partial charge in [-0.1, -0.05) is 6.08 Å². The summed E-state index contributed by atoms with van der Waals surface area (Å²) in [6.45, 7) is 4.94. The van der Waals surface area contributed by atoms with Crippen LogP contribution in [-0.4, -0.2) is 31.4 Å². The number of hydrogen-bond acceptors (Lipinski definition) is 4. The Kier molecular flexibility index (Phi) is 3.90. The first kappa shape index (κ1) is 13.0. The van der Waals surface area contributed by atoms with Gasteiger partial charge in [-0.15, -0.1) is 6.58 Å². The Hall–Kier alpha value is -1.11. The van der Waals surface area contributed by atoms with Crippen molar-refractivity contribution in [2.75, 3.05) is 13.6 Å². The van der Waals surface area contributed by atoms with E-state index in [1.165, 1.54) is 23.5 Å². The van der Waals surface area contributed by atoms with Gasteiger partial charge in [-0.2, -0.15) is 4.31 Å². The first-order chi connectivity index (χ1) is 7.43. The molecule has 0 aliphatic heterocycles. The number of furan rings is 1. The third-order valence-corrected chi connectivity index (χ3v) is 4.08. The van der Waals surface area contributed by atoms with Crippen LogP contribution >= 0.6 is 0 Å². The van der Waals surface area contributed by atoms with Gasteiger partial charge in [0.05, 0.1) is 0 Å². The summed E-state index contributed by atoms with van der Waals surface area (Å²) >= 11 is 0. The van der Waals surface area contributed by atoms with E-state index in [0.29, 0.717) is 0 Å². The van der Waals surface area contributed by atoms with Crippen molar-refractivity contribution >= 4 is 10.0 Å². The molecule has 1 heterocycles. The predicted octanol–water partition coefficient (Wildman–Crippen LogP) is 0.887. The Morgan fingerprint density at radius 3 is 2.69 bits per heavy atom. The van der Waals surface area contributed by atoms with Crippen molar-refractivity contribution in [1.82, 2.24) is 4.31 Å². The van der Waals surface area contributed by atoms with Gasteiger partial charge in [-0.25, -0.2) is 8.42 Å². The number of aliphatic hydroxyl groups is 1. The average Bonchev–Trinajstić information content (AvgIpc) is 2.60. The van der Waals surface area contributed by atoms with Crippen molar-refractivity contribution in [3.8, 4) is 0 Å². The SMILES string of the molecule is C=CCN(C)S(=O)(=O)c1cc(CO)oc1C. The molecular weight excluding hydrogens is 230 g/mol. The van der Waals surface area contributed by atoms with Crippen LogP contribution in [0, 0.1) is 6.92 Å². The van der Waals surface area contributed by atoms with Crippen molar-refractivity contribution in [2.45, 2.75) is 18.4 Å². The first-order valence-corrected chi connectivity index (χ1v) is 6.15. The van der Waals surface area contributed by atoms with Gasteiger partial charge in [0.1, 0.15) is 23.0 Å². The normalized spacial score (nSPS) is 12.0. The van der Waals surface area contributed by atoms with Gasteiger partial charge in [-0.05, 0) is 6.92 Å². The summed E-state index contributed by atoms with van der Waals surface area (Å²) in [5, 5.41) is 8.86. The topological polar surface area (TPSA) is 70.8 Å². The second kappa shape index (κ2) is 4.82. The van der Waals surface area contributed by atoms with Crippen LogP contribution in [0.3, 0.4) is 0 Å². The van der Waals surface area contributed by atoms with E-state index in [9.17, 15) is 8.42 Å². The standard InChI is InChI=1S/C10H15NO4S/c1-4-5-11(3)16(13,14)10-6-9(7-12)15-8(10)2/h4,6,12H,1,5,7H2,2-3H3. The second-order valence-corrected chi connectivity index (χ2v) is 5.38. The molecule has 0 saturated heterocycles. The van der Waals surface area contributed by atoms with Crippen LogP contribution in [0.4, 0.5) is 0 Å². The third-order valence-electron chi connectivity index (χ3n) is 2.15. The zero-order valence-corrected chi connectivity index (χ0v) is 10.1. The van der Waals surface area contributed by atoms with E-state index >= 15 is 0 Å². The molecule has 0 aliphatic carbocycles. The Labute approximate surface area is 95.0 Å². The van der Waals surface area contributed by atoms with Crippen LogP contribution in [0.15, 0.2) is 28.0 Å². The van der Waals surface area contributed by atoms with E-state index < -0.39 is 10.0 Å². The van der Waals surface area contributed by atoms with E-state index in [-0.39, 0.29) is 29.6 Å². The van der Waals surface area contributed by atoms with E-state index in [2.05, 4.69) is 6.58 Å². The number of nitrogens with zero attached hydrogens (tertiary/aromatic N) is 1. The lowest BCUT2D eigenvalue weighted by atomic mass is 10.4. The van der Waals surface area contributed by atoms with Gasteiger partial charge >= 0.3 is 0 Å². The molecule has 1 aromatic rings. The molecule has 0 unspecified atom stereocenters. The Morgan fingerprint density at radius 1 is 1.62 bits per heavy atom. The highest BCUT2D eigenvalue weighted by Gasteiger charge is 2.25. The third kappa shape index (κ3) is 2.34. The average molecular weight is 245 g/mol. The summed E-state index contributed by atoms with van der Waals surface area (Å²) < 4.78 is 30.3. The van der Waals surface area contributed by atoms with Crippen molar-refractivity contribution in [3.05, 3.63) is 30.2 Å². The van der Waals surface area contributed by atoms with Crippen molar-refractivity contribution in [1.29, 1.82) is 0 Å². The molecule has 6 heteroatoms. The summed E-state index contributed by atoms with van der Waals surface area (Å²) in [6, 6.07) is 1.34. The minimum Gasteiger partial charge on any atom is -0.462 e. The van der Waals surface area contributed by atoms with Crippen LogP contribution in [0.2, 0.25) is 0 Å². The molecule has 1 N–H and O–H groups in total. The lowest BCUT2D eigenvalue weighted by Gasteiger charge is -2.13. The van der Waals surface area contributed by atoms with Crippen LogP contribution in [-0.2, 0) is 16.6 Å². The number of aryl methyl sites for hydroxylation is 1. The van der Waals surface area contributed by atoms with Crippen molar-refractivity contribution in [2.24, 2.45) is 0 Å². The molecule has 5 nitrogen and oxygen atoms in total. The quantitative estimate of drug-likeness (QED) is 0.782. The minimum atomic E-state index is -3.56. The fourth-order valence-electron chi connectivity index (χ4n) is 1.31. The van der Waals surface area contributed by atoms with E-state index in [0.717, 1.165) is 0 Å². The van der Waals surface area contributed by atoms with Gasteiger partial charge in [-0.3, -0.25) is 0 Å². The zero-order chi connectivity index (χ0) is 12.3. The lowest BCUT2D eigenvalue weighted by Crippen LogP contribution is -2.27. The Bertz CT molecular complexity index is 475. The molecule has 0 radical (unpaired) electrons. The van der Waals surface area contributed by atoms with Gasteiger partial charge in [0, 0.05) is 19.7 Å². The zero-order valence-electron chi connectivity index (χ0n) is 9.30. The molecule has 0 aliphatic rings. The molecule has 0 spiro atoms. The molecule has 0 bridgehead atoms. The highest BCUT2D eigenvalue weighted by molar-refractivity contribution is 7.89. The van der Waals surface area contributed by atoms with Gasteiger partial charge in [0.15, 0.2) is 0 Å². The fourth-order valence-corrected chi connectivity index (χ4v) is 2.63. The smallest absolute Gasteiger partial charge is 0.246 e. The van der Waals surface area contributed by atoms with E-state index in [4.69, 9.17) is 9.52 Å². The largest absolute Gasteiger partial charge is 0.462 e. The van der Waals surface area contributed by atoms with Crippen molar-refractivity contribution in [3.63, 3.8) is 0 Å². The van der Waals surface area contributed by atoms with Gasteiger partial charge < -0.3 is 9.52 Å². The highest BCUT2D eigenvalue weighted by atomic mass is 32.2. The Morgan fingerprint density at radius 2 is 2.25 bits per heavy atom. The van der Waals surface area contributed by atoms with E-state index in [1.54, 1.807) is 6.92 Å². The molecule has 16 heavy (non-hydrogen) atoms. The van der Waals surface area contributed by atoms with Crippen LogP contribution in [0.1, 0.15) is 11.5 Å². The van der Waals surface area contributed by atoms with Crippen LogP contribution < -0.4 is 0 Å². The summed E-state index contributed by atoms with van der Waals surface area (Å²) in [5.74, 6) is 0.517. The van der Waals surface area contributed by atoms with Crippen LogP contribution in [0.25, 0.3) is 0 Å². The summed E-state index contributed by atoms with van der Waals surface area (Å²) in [4.78, 5) is 0.0842. The van der Waals surface area contributed by atoms with Crippen LogP contribution in [0.5, 0.6) is 0 Å². The maximum Gasteiger partial charge on any atom is 0.246 e. The van der Waals surface area contributed by atoms with E-state index in [1.807, 2.05) is 0 Å². The molecule has 0 saturated carbocycles. The summed E-state index contributed by atoms with van der Waals surface area (Å²) in [5.41, 5.74) is 0. The first-order valence-electron chi connectivity index (χ1n) is 4.71. The molecular formula is C10H15NO4S. The highest BCUT2D eigenvalue weighted by Crippen LogP contribution is 2.22. The molecule has 0 amide bonds. The second-order valence-electron chi connectivity index (χ2n) is 3.37. The van der Waals surface area contributed by atoms with Gasteiger partial charge in [0.2, 0.25) is 10.0 Å². The van der Waals surface area contributed by atoms with Gasteiger partial charge in [0.25, 0.3) is 0 Å². The fraction of sp³-hybridized carbons (Fsp3) is 0.400.